The van der Waals surface area contributed by atoms with Gasteiger partial charge in [0.25, 0.3) is 0 Å². The number of hydrogen-bond acceptors (Lipinski definition) is 2. The Labute approximate surface area is 105 Å². The predicted molar refractivity (Wildman–Crippen MR) is 67.7 cm³/mol. The van der Waals surface area contributed by atoms with Crippen molar-refractivity contribution in [2.24, 2.45) is 17.8 Å². The molecule has 3 aliphatic rings. The summed E-state index contributed by atoms with van der Waals surface area (Å²) in [6, 6.07) is 0. The molecule has 0 spiro atoms. The second kappa shape index (κ2) is 4.89. The van der Waals surface area contributed by atoms with E-state index in [9.17, 15) is 5.11 Å². The van der Waals surface area contributed by atoms with Gasteiger partial charge in [-0.3, -0.25) is 0 Å². The van der Waals surface area contributed by atoms with Crippen molar-refractivity contribution in [1.82, 2.24) is 0 Å². The summed E-state index contributed by atoms with van der Waals surface area (Å²) in [5.41, 5.74) is 0. The van der Waals surface area contributed by atoms with Crippen LogP contribution in [0.3, 0.4) is 0 Å². The van der Waals surface area contributed by atoms with Gasteiger partial charge >= 0.3 is 0 Å². The van der Waals surface area contributed by atoms with Crippen LogP contribution < -0.4 is 0 Å². The molecule has 6 atom stereocenters. The largest absolute Gasteiger partial charge is 0.393 e. The Morgan fingerprint density at radius 3 is 2.59 bits per heavy atom. The summed E-state index contributed by atoms with van der Waals surface area (Å²) >= 11 is 0. The standard InChI is InChI=1S/C15H26O2/c1-2-13(10-4-3-5-12(16)8-10)11-6-7-14-15(9-11)17-14/h10-16H,2-9H2,1H3. The van der Waals surface area contributed by atoms with E-state index in [1.807, 2.05) is 0 Å². The van der Waals surface area contributed by atoms with E-state index in [0.29, 0.717) is 12.2 Å². The van der Waals surface area contributed by atoms with Crippen LogP contribution in [0.25, 0.3) is 0 Å². The molecule has 1 N–H and O–H groups in total. The first kappa shape index (κ1) is 12.0. The lowest BCUT2D eigenvalue weighted by Gasteiger charge is -2.38. The molecular formula is C15H26O2. The van der Waals surface area contributed by atoms with E-state index in [0.717, 1.165) is 30.6 Å². The smallest absolute Gasteiger partial charge is 0.0844 e. The molecule has 98 valence electrons. The number of ether oxygens (including phenoxy) is 1. The van der Waals surface area contributed by atoms with Crippen LogP contribution in [0, 0.1) is 17.8 Å². The van der Waals surface area contributed by atoms with Crippen LogP contribution in [0.4, 0.5) is 0 Å². The zero-order valence-electron chi connectivity index (χ0n) is 11.0. The van der Waals surface area contributed by atoms with Gasteiger partial charge in [-0.15, -0.1) is 0 Å². The fraction of sp³-hybridized carbons (Fsp3) is 1.00. The lowest BCUT2D eigenvalue weighted by Crippen LogP contribution is -2.32. The summed E-state index contributed by atoms with van der Waals surface area (Å²) in [6.45, 7) is 2.34. The van der Waals surface area contributed by atoms with Crippen LogP contribution >= 0.6 is 0 Å². The molecule has 0 aromatic heterocycles. The van der Waals surface area contributed by atoms with Crippen molar-refractivity contribution in [1.29, 1.82) is 0 Å². The summed E-state index contributed by atoms with van der Waals surface area (Å²) < 4.78 is 5.66. The van der Waals surface area contributed by atoms with Gasteiger partial charge in [0.1, 0.15) is 0 Å². The lowest BCUT2D eigenvalue weighted by atomic mass is 9.68. The molecule has 3 rings (SSSR count). The van der Waals surface area contributed by atoms with Gasteiger partial charge in [0.05, 0.1) is 18.3 Å². The predicted octanol–water partition coefficient (Wildman–Crippen LogP) is 3.13. The normalized spacial score (nSPS) is 47.3. The molecule has 6 unspecified atom stereocenters. The highest BCUT2D eigenvalue weighted by atomic mass is 16.6. The van der Waals surface area contributed by atoms with Crippen molar-refractivity contribution >= 4 is 0 Å². The third-order valence-electron chi connectivity index (χ3n) is 5.41. The Kier molecular flexibility index (Phi) is 3.45. The third kappa shape index (κ3) is 2.53. The van der Waals surface area contributed by atoms with Crippen molar-refractivity contribution in [3.8, 4) is 0 Å². The van der Waals surface area contributed by atoms with Gasteiger partial charge in [-0.1, -0.05) is 19.8 Å². The first-order valence-corrected chi connectivity index (χ1v) is 7.61. The quantitative estimate of drug-likeness (QED) is 0.766. The summed E-state index contributed by atoms with van der Waals surface area (Å²) in [5, 5.41) is 9.86. The van der Waals surface area contributed by atoms with Crippen LogP contribution in [-0.2, 0) is 4.74 Å². The van der Waals surface area contributed by atoms with Crippen molar-refractivity contribution in [2.75, 3.05) is 0 Å². The Morgan fingerprint density at radius 2 is 1.88 bits per heavy atom. The molecule has 2 heteroatoms. The zero-order valence-corrected chi connectivity index (χ0v) is 11.0. The maximum atomic E-state index is 9.86. The fourth-order valence-electron chi connectivity index (χ4n) is 4.47. The number of fused-ring (bicyclic) bond motifs is 1. The summed E-state index contributed by atoms with van der Waals surface area (Å²) in [5.74, 6) is 2.50. The highest BCUT2D eigenvalue weighted by Gasteiger charge is 2.46. The van der Waals surface area contributed by atoms with E-state index in [2.05, 4.69) is 6.92 Å². The SMILES string of the molecule is CCC(C1CCCC(O)C1)C1CCC2OC2C1. The minimum Gasteiger partial charge on any atom is -0.393 e. The molecule has 0 aromatic rings. The third-order valence-corrected chi connectivity index (χ3v) is 5.41. The Balaban J connectivity index is 1.61. The van der Waals surface area contributed by atoms with Crippen LogP contribution in [-0.4, -0.2) is 23.4 Å². The highest BCUT2D eigenvalue weighted by Crippen LogP contribution is 2.46. The first-order valence-electron chi connectivity index (χ1n) is 7.61. The van der Waals surface area contributed by atoms with Gasteiger partial charge in [-0.05, 0) is 56.3 Å². The number of aliphatic hydroxyl groups excluding tert-OH is 1. The van der Waals surface area contributed by atoms with Gasteiger partial charge < -0.3 is 9.84 Å². The van der Waals surface area contributed by atoms with E-state index < -0.39 is 0 Å². The van der Waals surface area contributed by atoms with Gasteiger partial charge in [-0.2, -0.15) is 0 Å². The second-order valence-corrected chi connectivity index (χ2v) is 6.44. The van der Waals surface area contributed by atoms with Crippen molar-refractivity contribution in [3.63, 3.8) is 0 Å². The summed E-state index contributed by atoms with van der Waals surface area (Å²) in [7, 11) is 0. The minimum absolute atomic E-state index is 0.0173. The van der Waals surface area contributed by atoms with Crippen LogP contribution in [0.15, 0.2) is 0 Å². The van der Waals surface area contributed by atoms with Crippen LogP contribution in [0.5, 0.6) is 0 Å². The fourth-order valence-corrected chi connectivity index (χ4v) is 4.47. The number of hydrogen-bond donors (Lipinski definition) is 1. The van der Waals surface area contributed by atoms with Gasteiger partial charge in [0.2, 0.25) is 0 Å². The zero-order chi connectivity index (χ0) is 11.8. The molecular weight excluding hydrogens is 212 g/mol. The Morgan fingerprint density at radius 1 is 1.06 bits per heavy atom. The van der Waals surface area contributed by atoms with Crippen LogP contribution in [0.2, 0.25) is 0 Å². The van der Waals surface area contributed by atoms with E-state index in [1.54, 1.807) is 0 Å². The van der Waals surface area contributed by atoms with Gasteiger partial charge in [0.15, 0.2) is 0 Å². The number of aliphatic hydroxyl groups is 1. The minimum atomic E-state index is -0.0173. The summed E-state index contributed by atoms with van der Waals surface area (Å²) in [6.07, 6.45) is 11.1. The van der Waals surface area contributed by atoms with Gasteiger partial charge in [0, 0.05) is 0 Å². The maximum absolute atomic E-state index is 9.86. The van der Waals surface area contributed by atoms with Crippen molar-refractivity contribution < 1.29 is 9.84 Å². The van der Waals surface area contributed by atoms with E-state index >= 15 is 0 Å². The molecule has 0 aromatic carbocycles. The molecule has 2 saturated carbocycles. The molecule has 0 amide bonds. The molecule has 2 aliphatic carbocycles. The molecule has 1 aliphatic heterocycles. The first-order chi connectivity index (χ1) is 8.28. The van der Waals surface area contributed by atoms with Crippen molar-refractivity contribution in [3.05, 3.63) is 0 Å². The van der Waals surface area contributed by atoms with Crippen LogP contribution in [0.1, 0.15) is 58.3 Å². The summed E-state index contributed by atoms with van der Waals surface area (Å²) in [4.78, 5) is 0. The molecule has 2 nitrogen and oxygen atoms in total. The molecule has 3 fully saturated rings. The second-order valence-electron chi connectivity index (χ2n) is 6.44. The molecule has 17 heavy (non-hydrogen) atoms. The molecule has 1 saturated heterocycles. The van der Waals surface area contributed by atoms with E-state index in [1.165, 1.54) is 38.5 Å². The van der Waals surface area contributed by atoms with E-state index in [4.69, 9.17) is 4.74 Å². The monoisotopic (exact) mass is 238 g/mol. The number of rotatable bonds is 3. The highest BCUT2D eigenvalue weighted by molar-refractivity contribution is 4.95. The lowest BCUT2D eigenvalue weighted by molar-refractivity contribution is 0.0562. The Bertz CT molecular complexity index is 260. The van der Waals surface area contributed by atoms with Gasteiger partial charge in [-0.25, -0.2) is 0 Å². The van der Waals surface area contributed by atoms with E-state index in [-0.39, 0.29) is 6.10 Å². The average Bonchev–Trinajstić information content (AvgIpc) is 3.08. The Hall–Kier alpha value is -0.0800. The number of epoxide rings is 1. The maximum Gasteiger partial charge on any atom is 0.0844 e. The molecule has 0 radical (unpaired) electrons. The molecule has 1 heterocycles. The average molecular weight is 238 g/mol. The topological polar surface area (TPSA) is 32.8 Å². The van der Waals surface area contributed by atoms with Crippen molar-refractivity contribution in [2.45, 2.75) is 76.6 Å². The molecule has 0 bridgehead atoms.